The van der Waals surface area contributed by atoms with Crippen LogP contribution in [0.15, 0.2) is 60.8 Å². The van der Waals surface area contributed by atoms with E-state index in [1.807, 2.05) is 37.4 Å². The molecule has 126 valence electrons. The van der Waals surface area contributed by atoms with E-state index in [2.05, 4.69) is 0 Å². The lowest BCUT2D eigenvalue weighted by molar-refractivity contribution is -0.667. The molecule has 25 heavy (non-hydrogen) atoms. The van der Waals surface area contributed by atoms with Crippen molar-refractivity contribution in [3.63, 3.8) is 0 Å². The summed E-state index contributed by atoms with van der Waals surface area (Å²) in [6.07, 6.45) is 1.81. The van der Waals surface area contributed by atoms with Gasteiger partial charge in [0.05, 0.1) is 12.0 Å². The molecule has 2 N–H and O–H groups in total. The molecular formula is C18H17N4O3+. The molecule has 0 aliphatic rings. The van der Waals surface area contributed by atoms with E-state index >= 15 is 0 Å². The molecule has 7 nitrogen and oxygen atoms in total. The van der Waals surface area contributed by atoms with Crippen LogP contribution in [-0.4, -0.2) is 15.3 Å². The summed E-state index contributed by atoms with van der Waals surface area (Å²) in [6.45, 7) is 0.00761. The van der Waals surface area contributed by atoms with E-state index in [4.69, 9.17) is 5.73 Å². The lowest BCUT2D eigenvalue weighted by Gasteiger charge is -2.00. The third-order valence-electron chi connectivity index (χ3n) is 4.04. The van der Waals surface area contributed by atoms with E-state index < -0.39 is 4.92 Å². The Morgan fingerprint density at radius 3 is 2.60 bits per heavy atom. The zero-order valence-corrected chi connectivity index (χ0v) is 13.6. The summed E-state index contributed by atoms with van der Waals surface area (Å²) < 4.78 is 3.44. The van der Waals surface area contributed by atoms with Gasteiger partial charge >= 0.3 is 5.95 Å². The number of aromatic nitrogens is 2. The van der Waals surface area contributed by atoms with Crippen molar-refractivity contribution in [3.8, 4) is 11.3 Å². The third kappa shape index (κ3) is 3.25. The molecule has 3 aromatic rings. The number of hydrogen-bond donors (Lipinski definition) is 1. The average Bonchev–Trinajstić information content (AvgIpc) is 2.91. The van der Waals surface area contributed by atoms with Crippen molar-refractivity contribution < 1.29 is 14.3 Å². The smallest absolute Gasteiger partial charge is 0.291 e. The van der Waals surface area contributed by atoms with Gasteiger partial charge in [-0.2, -0.15) is 0 Å². The molecule has 7 heteroatoms. The maximum absolute atomic E-state index is 12.5. The van der Waals surface area contributed by atoms with E-state index in [0.29, 0.717) is 5.95 Å². The summed E-state index contributed by atoms with van der Waals surface area (Å²) in [5, 5.41) is 10.9. The molecule has 0 saturated heterocycles. The fourth-order valence-electron chi connectivity index (χ4n) is 2.66. The van der Waals surface area contributed by atoms with Crippen LogP contribution in [0.5, 0.6) is 0 Å². The molecule has 1 heterocycles. The second-order valence-corrected chi connectivity index (χ2v) is 5.66. The number of rotatable bonds is 5. The van der Waals surface area contributed by atoms with Crippen molar-refractivity contribution >= 4 is 17.4 Å². The topological polar surface area (TPSA) is 95.0 Å². The Labute approximate surface area is 144 Å². The molecule has 0 radical (unpaired) electrons. The fraction of sp³-hybridized carbons (Fsp3) is 0.111. The summed E-state index contributed by atoms with van der Waals surface area (Å²) in [5.74, 6) is 0.184. The van der Waals surface area contributed by atoms with Crippen molar-refractivity contribution in [1.82, 2.24) is 4.57 Å². The van der Waals surface area contributed by atoms with E-state index in [0.717, 1.165) is 11.3 Å². The van der Waals surface area contributed by atoms with Gasteiger partial charge in [0.2, 0.25) is 0 Å². The van der Waals surface area contributed by atoms with E-state index in [1.54, 1.807) is 21.4 Å². The fourth-order valence-corrected chi connectivity index (χ4v) is 2.66. The number of nitro benzene ring substituents is 1. The normalized spacial score (nSPS) is 10.6. The van der Waals surface area contributed by atoms with E-state index in [9.17, 15) is 14.9 Å². The Hall–Kier alpha value is -3.48. The Kier molecular flexibility index (Phi) is 4.30. The van der Waals surface area contributed by atoms with Gasteiger partial charge in [-0.15, -0.1) is 0 Å². The van der Waals surface area contributed by atoms with Gasteiger partial charge in [0.15, 0.2) is 5.78 Å². The number of Topliss-reactive ketones (excluding diaryl/α,β-unsaturated/α-hetero) is 1. The van der Waals surface area contributed by atoms with Crippen LogP contribution < -0.4 is 10.3 Å². The first-order valence-electron chi connectivity index (χ1n) is 7.65. The van der Waals surface area contributed by atoms with Crippen molar-refractivity contribution in [1.29, 1.82) is 0 Å². The number of nitrogens with zero attached hydrogens (tertiary/aromatic N) is 3. The Bertz CT molecular complexity index is 948. The number of anilines is 1. The van der Waals surface area contributed by atoms with Crippen LogP contribution in [0.1, 0.15) is 10.4 Å². The first kappa shape index (κ1) is 16.4. The number of imidazole rings is 1. The monoisotopic (exact) mass is 337 g/mol. The number of carbonyl (C=O) groups excluding carboxylic acids is 1. The predicted molar refractivity (Wildman–Crippen MR) is 92.9 cm³/mol. The number of nitrogens with two attached hydrogens (primary N) is 1. The van der Waals surface area contributed by atoms with Gasteiger partial charge in [0.1, 0.15) is 18.4 Å². The van der Waals surface area contributed by atoms with Gasteiger partial charge in [-0.25, -0.2) is 9.13 Å². The largest absolute Gasteiger partial charge is 0.355 e. The van der Waals surface area contributed by atoms with Crippen LogP contribution in [0, 0.1) is 10.1 Å². The third-order valence-corrected chi connectivity index (χ3v) is 4.04. The average molecular weight is 337 g/mol. The number of ketones is 1. The number of carbonyl (C=O) groups is 1. The minimum atomic E-state index is -0.520. The van der Waals surface area contributed by atoms with Crippen molar-refractivity contribution in [2.75, 3.05) is 5.73 Å². The Balaban J connectivity index is 1.90. The van der Waals surface area contributed by atoms with E-state index in [-0.39, 0.29) is 23.6 Å². The minimum absolute atomic E-state index is 0.00761. The first-order valence-corrected chi connectivity index (χ1v) is 7.65. The molecule has 0 saturated carbocycles. The first-order chi connectivity index (χ1) is 12.0. The summed E-state index contributed by atoms with van der Waals surface area (Å²) in [5.41, 5.74) is 8.15. The predicted octanol–water partition coefficient (Wildman–Crippen LogP) is 2.35. The standard InChI is InChI=1S/C18H16N4O3/c1-20-16(13-6-3-2-4-7-13)11-21(18(20)19)12-17(23)14-8-5-9-15(10-14)22(24)25/h2-11,19H,12H2,1H3/p+1. The quantitative estimate of drug-likeness (QED) is 0.334. The SMILES string of the molecule is Cn1c(-c2ccccc2)c[n+](CC(=O)c2cccc([N+](=O)[O-])c2)c1N. The molecule has 0 aliphatic heterocycles. The highest BCUT2D eigenvalue weighted by Gasteiger charge is 2.21. The minimum Gasteiger partial charge on any atom is -0.291 e. The number of nitrogen functional groups attached to an aromatic ring is 1. The van der Waals surface area contributed by atoms with Crippen LogP contribution in [0.2, 0.25) is 0 Å². The molecule has 0 fully saturated rings. The highest BCUT2D eigenvalue weighted by Crippen LogP contribution is 2.19. The maximum atomic E-state index is 12.5. The van der Waals surface area contributed by atoms with Gasteiger partial charge in [-0.05, 0) is 0 Å². The Morgan fingerprint density at radius 2 is 1.92 bits per heavy atom. The lowest BCUT2D eigenvalue weighted by Crippen LogP contribution is -2.39. The van der Waals surface area contributed by atoms with Gasteiger partial charge in [0, 0.05) is 23.3 Å². The number of benzene rings is 2. The Morgan fingerprint density at radius 1 is 1.20 bits per heavy atom. The van der Waals surface area contributed by atoms with E-state index in [1.165, 1.54) is 18.2 Å². The van der Waals surface area contributed by atoms with Crippen LogP contribution in [-0.2, 0) is 13.6 Å². The maximum Gasteiger partial charge on any atom is 0.355 e. The van der Waals surface area contributed by atoms with Crippen LogP contribution in [0.3, 0.4) is 0 Å². The summed E-state index contributed by atoms with van der Waals surface area (Å²) >= 11 is 0. The molecule has 0 unspecified atom stereocenters. The molecule has 2 aromatic carbocycles. The van der Waals surface area contributed by atoms with Gasteiger partial charge in [-0.1, -0.05) is 42.5 Å². The number of nitro groups is 1. The summed E-state index contributed by atoms with van der Waals surface area (Å²) in [4.78, 5) is 22.8. The van der Waals surface area contributed by atoms with Gasteiger partial charge in [-0.3, -0.25) is 20.6 Å². The lowest BCUT2D eigenvalue weighted by atomic mass is 10.1. The molecule has 0 aliphatic carbocycles. The number of non-ortho nitro benzene ring substituents is 1. The van der Waals surface area contributed by atoms with Gasteiger partial charge < -0.3 is 0 Å². The molecule has 3 rings (SSSR count). The second kappa shape index (κ2) is 6.56. The highest BCUT2D eigenvalue weighted by molar-refractivity contribution is 5.95. The molecule has 1 aromatic heterocycles. The highest BCUT2D eigenvalue weighted by atomic mass is 16.6. The van der Waals surface area contributed by atoms with Crippen molar-refractivity contribution in [3.05, 3.63) is 76.5 Å². The number of hydrogen-bond acceptors (Lipinski definition) is 4. The molecule has 0 bridgehead atoms. The zero-order chi connectivity index (χ0) is 18.0. The molecule has 0 atom stereocenters. The van der Waals surface area contributed by atoms with Crippen molar-refractivity contribution in [2.45, 2.75) is 6.54 Å². The van der Waals surface area contributed by atoms with Crippen LogP contribution in [0.25, 0.3) is 11.3 Å². The van der Waals surface area contributed by atoms with Crippen LogP contribution in [0.4, 0.5) is 11.6 Å². The van der Waals surface area contributed by atoms with Crippen molar-refractivity contribution in [2.24, 2.45) is 7.05 Å². The van der Waals surface area contributed by atoms with Gasteiger partial charge in [0.25, 0.3) is 5.69 Å². The molecule has 0 spiro atoms. The summed E-state index contributed by atoms with van der Waals surface area (Å²) in [7, 11) is 1.83. The zero-order valence-electron chi connectivity index (χ0n) is 13.6. The second-order valence-electron chi connectivity index (χ2n) is 5.66. The summed E-state index contributed by atoms with van der Waals surface area (Å²) in [6, 6.07) is 15.4. The molecular weight excluding hydrogens is 320 g/mol. The molecule has 0 amide bonds. The van der Waals surface area contributed by atoms with Crippen LogP contribution >= 0.6 is 0 Å².